The predicted molar refractivity (Wildman–Crippen MR) is 101 cm³/mol. The van der Waals surface area contributed by atoms with E-state index in [1.54, 1.807) is 11.9 Å². The fourth-order valence-corrected chi connectivity index (χ4v) is 5.33. The van der Waals surface area contributed by atoms with Gasteiger partial charge in [-0.1, -0.05) is 25.5 Å². The number of fused-ring (bicyclic) bond motifs is 1. The van der Waals surface area contributed by atoms with Crippen LogP contribution in [0.25, 0.3) is 11.0 Å². The van der Waals surface area contributed by atoms with Crippen LogP contribution in [0.4, 0.5) is 0 Å². The maximum atomic E-state index is 13.0. The molecule has 2 heterocycles. The van der Waals surface area contributed by atoms with E-state index in [2.05, 4.69) is 0 Å². The number of hydrogen-bond donors (Lipinski definition) is 0. The summed E-state index contributed by atoms with van der Waals surface area (Å²) in [6.07, 6.45) is 2.20. The molecule has 142 valence electrons. The molecule has 1 aliphatic rings. The van der Waals surface area contributed by atoms with Gasteiger partial charge in [0.1, 0.15) is 6.54 Å². The van der Waals surface area contributed by atoms with Crippen molar-refractivity contribution < 1.29 is 13.2 Å². The molecule has 1 aromatic heterocycles. The molecule has 0 radical (unpaired) electrons. The van der Waals surface area contributed by atoms with Gasteiger partial charge in [-0.05, 0) is 25.0 Å². The van der Waals surface area contributed by atoms with Crippen molar-refractivity contribution in [1.29, 1.82) is 0 Å². The second-order valence-corrected chi connectivity index (χ2v) is 9.14. The number of sulfone groups is 1. The van der Waals surface area contributed by atoms with Crippen molar-refractivity contribution >= 4 is 26.8 Å². The molecule has 1 aliphatic heterocycles. The molecule has 0 N–H and O–H groups in total. The van der Waals surface area contributed by atoms with Crippen LogP contribution < -0.4 is 5.69 Å². The van der Waals surface area contributed by atoms with Gasteiger partial charge < -0.3 is 4.90 Å². The second-order valence-electron chi connectivity index (χ2n) is 6.91. The Morgan fingerprint density at radius 3 is 2.58 bits per heavy atom. The minimum Gasteiger partial charge on any atom is -0.337 e. The Balaban J connectivity index is 1.89. The van der Waals surface area contributed by atoms with Gasteiger partial charge in [0.2, 0.25) is 5.91 Å². The van der Waals surface area contributed by atoms with Gasteiger partial charge in [-0.3, -0.25) is 13.9 Å². The van der Waals surface area contributed by atoms with Crippen LogP contribution >= 0.6 is 0 Å². The number of imidazole rings is 1. The summed E-state index contributed by atoms with van der Waals surface area (Å²) in [7, 11) is -1.39. The lowest BCUT2D eigenvalue weighted by Gasteiger charge is -2.28. The van der Waals surface area contributed by atoms with E-state index in [1.165, 1.54) is 9.13 Å². The number of unbranched alkanes of at least 4 members (excludes halogenated alkanes) is 1. The topological polar surface area (TPSA) is 81.4 Å². The number of hydrogen-bond acceptors (Lipinski definition) is 4. The summed E-state index contributed by atoms with van der Waals surface area (Å²) in [4.78, 5) is 27.2. The standard InChI is InChI=1S/C18H25N3O4S/c1-3-4-10-20(14-9-11-26(24,25)13-14)17(22)12-21-16-8-6-5-7-15(16)19(2)18(21)23/h5-8,14H,3-4,9-13H2,1-2H3. The molecule has 0 saturated carbocycles. The van der Waals surface area contributed by atoms with E-state index in [1.807, 2.05) is 31.2 Å². The van der Waals surface area contributed by atoms with Gasteiger partial charge in [0, 0.05) is 19.6 Å². The molecule has 1 atom stereocenters. The van der Waals surface area contributed by atoms with Gasteiger partial charge in [0.05, 0.1) is 22.5 Å². The van der Waals surface area contributed by atoms with Crippen molar-refractivity contribution in [3.8, 4) is 0 Å². The maximum absolute atomic E-state index is 13.0. The molecule has 1 unspecified atom stereocenters. The molecule has 3 rings (SSSR count). The number of aryl methyl sites for hydroxylation is 1. The lowest BCUT2D eigenvalue weighted by molar-refractivity contribution is -0.133. The van der Waals surface area contributed by atoms with Crippen molar-refractivity contribution in [3.05, 3.63) is 34.7 Å². The second kappa shape index (κ2) is 7.26. The number of rotatable bonds is 6. The van der Waals surface area contributed by atoms with Gasteiger partial charge in [0.15, 0.2) is 9.84 Å². The average Bonchev–Trinajstić information content (AvgIpc) is 3.08. The van der Waals surface area contributed by atoms with Gasteiger partial charge >= 0.3 is 5.69 Å². The molecule has 2 aromatic rings. The highest BCUT2D eigenvalue weighted by atomic mass is 32.2. The summed E-state index contributed by atoms with van der Waals surface area (Å²) in [6.45, 7) is 2.48. The molecule has 1 aromatic carbocycles. The minimum atomic E-state index is -3.08. The number of aromatic nitrogens is 2. The summed E-state index contributed by atoms with van der Waals surface area (Å²) in [5.74, 6) is -0.0479. The van der Waals surface area contributed by atoms with E-state index >= 15 is 0 Å². The minimum absolute atomic E-state index is 0.0207. The van der Waals surface area contributed by atoms with E-state index in [0.717, 1.165) is 18.4 Å². The quantitative estimate of drug-likeness (QED) is 0.754. The third kappa shape index (κ3) is 3.56. The smallest absolute Gasteiger partial charge is 0.329 e. The van der Waals surface area contributed by atoms with Crippen LogP contribution in [-0.4, -0.2) is 52.5 Å². The van der Waals surface area contributed by atoms with Crippen molar-refractivity contribution in [1.82, 2.24) is 14.0 Å². The maximum Gasteiger partial charge on any atom is 0.329 e. The van der Waals surface area contributed by atoms with Crippen LogP contribution in [-0.2, 0) is 28.2 Å². The summed E-state index contributed by atoms with van der Waals surface area (Å²) < 4.78 is 26.7. The first-order chi connectivity index (χ1) is 12.3. The third-order valence-corrected chi connectivity index (χ3v) is 6.82. The lowest BCUT2D eigenvalue weighted by Crippen LogP contribution is -2.44. The third-order valence-electron chi connectivity index (χ3n) is 5.07. The average molecular weight is 379 g/mol. The first-order valence-electron chi connectivity index (χ1n) is 8.98. The Hall–Kier alpha value is -2.09. The Morgan fingerprint density at radius 1 is 1.27 bits per heavy atom. The molecule has 1 amide bonds. The SMILES string of the molecule is CCCCN(C(=O)Cn1c(=O)n(C)c2ccccc21)C1CCS(=O)(=O)C1. The molecule has 1 fully saturated rings. The van der Waals surface area contributed by atoms with Crippen LogP contribution in [0, 0.1) is 0 Å². The van der Waals surface area contributed by atoms with E-state index in [4.69, 9.17) is 0 Å². The summed E-state index contributed by atoms with van der Waals surface area (Å²) in [5, 5.41) is 0. The summed E-state index contributed by atoms with van der Waals surface area (Å²) in [6, 6.07) is 7.06. The largest absolute Gasteiger partial charge is 0.337 e. The summed E-state index contributed by atoms with van der Waals surface area (Å²) >= 11 is 0. The molecule has 1 saturated heterocycles. The lowest BCUT2D eigenvalue weighted by atomic mass is 10.2. The van der Waals surface area contributed by atoms with Gasteiger partial charge in [-0.2, -0.15) is 0 Å². The van der Waals surface area contributed by atoms with Crippen LogP contribution in [0.3, 0.4) is 0 Å². The van der Waals surface area contributed by atoms with E-state index < -0.39 is 9.84 Å². The van der Waals surface area contributed by atoms with Crippen LogP contribution in [0.1, 0.15) is 26.2 Å². The molecule has 26 heavy (non-hydrogen) atoms. The van der Waals surface area contributed by atoms with Crippen LogP contribution in [0.15, 0.2) is 29.1 Å². The van der Waals surface area contributed by atoms with E-state index in [9.17, 15) is 18.0 Å². The zero-order valence-corrected chi connectivity index (χ0v) is 16.0. The number of nitrogens with zero attached hydrogens (tertiary/aromatic N) is 3. The zero-order chi connectivity index (χ0) is 18.9. The Bertz CT molecular complexity index is 974. The highest BCUT2D eigenvalue weighted by Crippen LogP contribution is 2.20. The Morgan fingerprint density at radius 2 is 1.96 bits per heavy atom. The number of para-hydroxylation sites is 2. The predicted octanol–water partition coefficient (Wildman–Crippen LogP) is 1.16. The van der Waals surface area contributed by atoms with Gasteiger partial charge in [-0.15, -0.1) is 0 Å². The van der Waals surface area contributed by atoms with E-state index in [-0.39, 0.29) is 35.7 Å². The van der Waals surface area contributed by atoms with Gasteiger partial charge in [-0.25, -0.2) is 13.2 Å². The van der Waals surface area contributed by atoms with E-state index in [0.29, 0.717) is 18.5 Å². The van der Waals surface area contributed by atoms with Crippen LogP contribution in [0.2, 0.25) is 0 Å². The fraction of sp³-hybridized carbons (Fsp3) is 0.556. The molecule has 7 nitrogen and oxygen atoms in total. The van der Waals surface area contributed by atoms with Crippen molar-refractivity contribution in [2.75, 3.05) is 18.1 Å². The van der Waals surface area contributed by atoms with Crippen molar-refractivity contribution in [3.63, 3.8) is 0 Å². The highest BCUT2D eigenvalue weighted by molar-refractivity contribution is 7.91. The number of amides is 1. The monoisotopic (exact) mass is 379 g/mol. The molecular formula is C18H25N3O4S. The van der Waals surface area contributed by atoms with Crippen LogP contribution in [0.5, 0.6) is 0 Å². The first kappa shape index (κ1) is 18.7. The van der Waals surface area contributed by atoms with Crippen molar-refractivity contribution in [2.45, 2.75) is 38.8 Å². The molecule has 0 bridgehead atoms. The fourth-order valence-electron chi connectivity index (χ4n) is 3.60. The number of benzene rings is 1. The van der Waals surface area contributed by atoms with Gasteiger partial charge in [0.25, 0.3) is 0 Å². The number of carbonyl (C=O) groups is 1. The Labute approximate surface area is 153 Å². The normalized spacial score (nSPS) is 19.1. The summed E-state index contributed by atoms with van der Waals surface area (Å²) in [5.41, 5.74) is 1.24. The Kier molecular flexibility index (Phi) is 5.22. The molecule has 8 heteroatoms. The molecule has 0 spiro atoms. The van der Waals surface area contributed by atoms with Crippen molar-refractivity contribution in [2.24, 2.45) is 7.05 Å². The molecule has 0 aliphatic carbocycles. The molecular weight excluding hydrogens is 354 g/mol. The first-order valence-corrected chi connectivity index (χ1v) is 10.8. The zero-order valence-electron chi connectivity index (χ0n) is 15.2. The highest BCUT2D eigenvalue weighted by Gasteiger charge is 2.34. The number of carbonyl (C=O) groups excluding carboxylic acids is 1.